The highest BCUT2D eigenvalue weighted by molar-refractivity contribution is 5.94. The van der Waals surface area contributed by atoms with Crippen LogP contribution in [0.3, 0.4) is 0 Å². The van der Waals surface area contributed by atoms with Crippen molar-refractivity contribution >= 4 is 5.97 Å². The Balaban J connectivity index is 1.44. The smallest absolute Gasteiger partial charge is 0.342 e. The Morgan fingerprint density at radius 1 is 0.857 bits per heavy atom. The van der Waals surface area contributed by atoms with Crippen LogP contribution in [0.5, 0.6) is 17.2 Å². The average molecular weight is 565 g/mol. The molecule has 0 unspecified atom stereocenters. The minimum atomic E-state index is -0.350. The Morgan fingerprint density at radius 2 is 1.55 bits per heavy atom. The minimum Gasteiger partial charge on any atom is -0.486 e. The average Bonchev–Trinajstić information content (AvgIpc) is 3.53. The van der Waals surface area contributed by atoms with Crippen LogP contribution in [-0.2, 0) is 24.2 Å². The fourth-order valence-electron chi connectivity index (χ4n) is 5.35. The lowest BCUT2D eigenvalue weighted by molar-refractivity contribution is 0.0465. The predicted molar refractivity (Wildman–Crippen MR) is 165 cm³/mol. The number of hydrogen-bond acceptors (Lipinski definition) is 6. The summed E-state index contributed by atoms with van der Waals surface area (Å²) >= 11 is 0. The molecule has 0 aliphatic carbocycles. The van der Waals surface area contributed by atoms with Crippen LogP contribution in [0.2, 0.25) is 0 Å². The first kappa shape index (κ1) is 29.3. The van der Waals surface area contributed by atoms with Gasteiger partial charge < -0.3 is 14.2 Å². The number of rotatable bonds is 13. The molecule has 6 heteroatoms. The fourth-order valence-corrected chi connectivity index (χ4v) is 5.35. The Kier molecular flexibility index (Phi) is 10.2. The zero-order valence-electron chi connectivity index (χ0n) is 24.7. The highest BCUT2D eigenvalue weighted by atomic mass is 16.5. The first-order valence-corrected chi connectivity index (χ1v) is 15.0. The molecule has 1 aliphatic heterocycles. The quantitative estimate of drug-likeness (QED) is 0.156. The second-order valence-corrected chi connectivity index (χ2v) is 10.8. The second kappa shape index (κ2) is 14.6. The summed E-state index contributed by atoms with van der Waals surface area (Å²) in [6, 6.07) is 27.8. The summed E-state index contributed by atoms with van der Waals surface area (Å²) < 4.78 is 18.3. The van der Waals surface area contributed by atoms with Crippen molar-refractivity contribution in [2.24, 2.45) is 0 Å². The van der Waals surface area contributed by atoms with Gasteiger partial charge in [-0.3, -0.25) is 9.88 Å². The number of nitrogens with zero attached hydrogens (tertiary/aromatic N) is 2. The van der Waals surface area contributed by atoms with Gasteiger partial charge in [0.25, 0.3) is 0 Å². The van der Waals surface area contributed by atoms with E-state index in [2.05, 4.69) is 17.9 Å². The summed E-state index contributed by atoms with van der Waals surface area (Å²) in [5, 5.41) is 0. The number of aryl methyl sites for hydroxylation is 1. The second-order valence-electron chi connectivity index (χ2n) is 10.8. The van der Waals surface area contributed by atoms with Crippen LogP contribution in [-0.4, -0.2) is 42.1 Å². The van der Waals surface area contributed by atoms with Gasteiger partial charge in [0.2, 0.25) is 0 Å². The van der Waals surface area contributed by atoms with Crippen LogP contribution < -0.4 is 9.47 Å². The van der Waals surface area contributed by atoms with E-state index in [4.69, 9.17) is 19.2 Å². The van der Waals surface area contributed by atoms with Gasteiger partial charge in [-0.1, -0.05) is 74.0 Å². The molecule has 0 saturated carbocycles. The van der Waals surface area contributed by atoms with E-state index < -0.39 is 0 Å². The SMILES string of the molecule is CCCc1nc(Cc2cccc(Oc3ccccc3)c2)c(C)c(C(=O)OCCN2CCCC2)c1OCc1ccccc1. The highest BCUT2D eigenvalue weighted by Crippen LogP contribution is 2.32. The van der Waals surface area contributed by atoms with Gasteiger partial charge in [-0.05, 0) is 80.2 Å². The van der Waals surface area contributed by atoms with Gasteiger partial charge >= 0.3 is 5.97 Å². The van der Waals surface area contributed by atoms with E-state index >= 15 is 0 Å². The molecular weight excluding hydrogens is 524 g/mol. The van der Waals surface area contributed by atoms with Crippen LogP contribution in [0.1, 0.15) is 64.6 Å². The lowest BCUT2D eigenvalue weighted by Crippen LogP contribution is -2.25. The van der Waals surface area contributed by atoms with Crippen LogP contribution in [0.25, 0.3) is 0 Å². The molecule has 0 radical (unpaired) electrons. The van der Waals surface area contributed by atoms with Crippen molar-refractivity contribution < 1.29 is 19.0 Å². The highest BCUT2D eigenvalue weighted by Gasteiger charge is 2.25. The molecule has 1 aromatic heterocycles. The summed E-state index contributed by atoms with van der Waals surface area (Å²) in [4.78, 5) is 21.2. The molecule has 218 valence electrons. The van der Waals surface area contributed by atoms with E-state index in [-0.39, 0.29) is 5.97 Å². The summed E-state index contributed by atoms with van der Waals surface area (Å²) in [5.41, 5.74) is 4.99. The predicted octanol–water partition coefficient (Wildman–Crippen LogP) is 7.56. The van der Waals surface area contributed by atoms with E-state index in [9.17, 15) is 4.79 Å². The number of hydrogen-bond donors (Lipinski definition) is 0. The van der Waals surface area contributed by atoms with E-state index in [1.165, 1.54) is 12.8 Å². The fraction of sp³-hybridized carbons (Fsp3) is 0.333. The number of pyridine rings is 1. The molecule has 0 amide bonds. The lowest BCUT2D eigenvalue weighted by atomic mass is 9.98. The molecule has 0 atom stereocenters. The van der Waals surface area contributed by atoms with Crippen LogP contribution in [0.15, 0.2) is 84.9 Å². The summed E-state index contributed by atoms with van der Waals surface area (Å²) in [7, 11) is 0. The van der Waals surface area contributed by atoms with Crippen molar-refractivity contribution in [1.29, 1.82) is 0 Å². The first-order valence-electron chi connectivity index (χ1n) is 15.0. The number of ether oxygens (including phenoxy) is 3. The van der Waals surface area contributed by atoms with Gasteiger partial charge in [0.15, 0.2) is 5.75 Å². The van der Waals surface area contributed by atoms with Crippen LogP contribution >= 0.6 is 0 Å². The molecule has 0 bridgehead atoms. The number of aromatic nitrogens is 1. The molecular formula is C36H40N2O4. The Morgan fingerprint density at radius 3 is 2.29 bits per heavy atom. The first-order chi connectivity index (χ1) is 20.6. The van der Waals surface area contributed by atoms with Gasteiger partial charge in [0, 0.05) is 18.7 Å². The van der Waals surface area contributed by atoms with E-state index in [1.807, 2.05) is 85.8 Å². The van der Waals surface area contributed by atoms with Gasteiger partial charge in [0.05, 0.1) is 5.69 Å². The number of benzene rings is 3. The van der Waals surface area contributed by atoms with Crippen LogP contribution in [0.4, 0.5) is 0 Å². The maximum Gasteiger partial charge on any atom is 0.342 e. The van der Waals surface area contributed by atoms with Crippen molar-refractivity contribution in [3.05, 3.63) is 119 Å². The summed E-state index contributed by atoms with van der Waals surface area (Å²) in [6.07, 6.45) is 4.54. The molecule has 0 N–H and O–H groups in total. The van der Waals surface area contributed by atoms with Gasteiger partial charge in [-0.2, -0.15) is 0 Å². The molecule has 6 nitrogen and oxygen atoms in total. The molecule has 1 aliphatic rings. The maximum absolute atomic E-state index is 13.7. The van der Waals surface area contributed by atoms with Gasteiger partial charge in [0.1, 0.15) is 30.3 Å². The van der Waals surface area contributed by atoms with Crippen molar-refractivity contribution in [3.63, 3.8) is 0 Å². The molecule has 3 aromatic carbocycles. The van der Waals surface area contributed by atoms with Crippen LogP contribution in [0, 0.1) is 6.92 Å². The largest absolute Gasteiger partial charge is 0.486 e. The number of esters is 1. The van der Waals surface area contributed by atoms with E-state index in [0.29, 0.717) is 37.4 Å². The third-order valence-corrected chi connectivity index (χ3v) is 7.57. The summed E-state index contributed by atoms with van der Waals surface area (Å²) in [6.45, 7) is 7.65. The third-order valence-electron chi connectivity index (χ3n) is 7.57. The molecule has 4 aromatic rings. The number of carbonyl (C=O) groups is 1. The maximum atomic E-state index is 13.7. The normalized spacial score (nSPS) is 13.2. The molecule has 42 heavy (non-hydrogen) atoms. The topological polar surface area (TPSA) is 60.9 Å². The minimum absolute atomic E-state index is 0.350. The van der Waals surface area contributed by atoms with Gasteiger partial charge in [-0.15, -0.1) is 0 Å². The number of para-hydroxylation sites is 1. The Bertz CT molecular complexity index is 1450. The molecule has 2 heterocycles. The standard InChI is InChI=1S/C36H40N2O4/c1-3-13-32-35(41-26-28-14-6-4-7-15-28)34(36(39)40-23-22-38-20-10-11-21-38)27(2)33(37-32)25-29-16-12-19-31(24-29)42-30-17-8-5-9-18-30/h4-9,12,14-19,24H,3,10-11,13,20-23,25-26H2,1-2H3. The third kappa shape index (κ3) is 7.77. The van der Waals surface area contributed by atoms with Crippen molar-refractivity contribution in [2.45, 2.75) is 52.6 Å². The van der Waals surface area contributed by atoms with Crippen molar-refractivity contribution in [2.75, 3.05) is 26.2 Å². The Labute approximate surface area is 249 Å². The zero-order valence-corrected chi connectivity index (χ0v) is 24.7. The summed E-state index contributed by atoms with van der Waals surface area (Å²) in [5.74, 6) is 1.73. The lowest BCUT2D eigenvalue weighted by Gasteiger charge is -2.20. The van der Waals surface area contributed by atoms with E-state index in [0.717, 1.165) is 65.6 Å². The molecule has 1 fully saturated rings. The van der Waals surface area contributed by atoms with Crippen molar-refractivity contribution in [3.8, 4) is 17.2 Å². The zero-order chi connectivity index (χ0) is 29.1. The number of likely N-dealkylation sites (tertiary alicyclic amines) is 1. The monoisotopic (exact) mass is 564 g/mol. The van der Waals surface area contributed by atoms with Gasteiger partial charge in [-0.25, -0.2) is 4.79 Å². The molecule has 0 spiro atoms. The van der Waals surface area contributed by atoms with Crippen molar-refractivity contribution in [1.82, 2.24) is 9.88 Å². The number of carbonyl (C=O) groups excluding carboxylic acids is 1. The molecule has 5 rings (SSSR count). The van der Waals surface area contributed by atoms with E-state index in [1.54, 1.807) is 0 Å². The molecule has 1 saturated heterocycles. The Hall–Kier alpha value is -4.16.